The van der Waals surface area contributed by atoms with E-state index in [9.17, 15) is 19.2 Å². The van der Waals surface area contributed by atoms with Crippen LogP contribution in [0.1, 0.15) is 19.3 Å². The molecule has 1 aromatic rings. The average Bonchev–Trinajstić information content (AvgIpc) is 3.26. The van der Waals surface area contributed by atoms with Gasteiger partial charge in [0.1, 0.15) is 0 Å². The van der Waals surface area contributed by atoms with Crippen molar-refractivity contribution < 1.29 is 19.2 Å². The smallest absolute Gasteiger partial charge is 0.324 e. The van der Waals surface area contributed by atoms with Gasteiger partial charge in [-0.15, -0.1) is 0 Å². The number of carbonyl (C=O) groups excluding carboxylic acids is 4. The van der Waals surface area contributed by atoms with E-state index in [1.54, 1.807) is 24.3 Å². The van der Waals surface area contributed by atoms with Crippen molar-refractivity contribution in [1.29, 1.82) is 0 Å². The Hall–Kier alpha value is -2.94. The van der Waals surface area contributed by atoms with Crippen molar-refractivity contribution >= 4 is 35.1 Å². The van der Waals surface area contributed by atoms with Crippen LogP contribution < -0.4 is 21.3 Å². The lowest BCUT2D eigenvalue weighted by atomic mass is 10.2. The van der Waals surface area contributed by atoms with Crippen molar-refractivity contribution in [3.8, 4) is 0 Å². The summed E-state index contributed by atoms with van der Waals surface area (Å²) in [7, 11) is 0. The van der Waals surface area contributed by atoms with Crippen LogP contribution in [0.15, 0.2) is 24.3 Å². The van der Waals surface area contributed by atoms with Crippen molar-refractivity contribution in [2.45, 2.75) is 25.3 Å². The fourth-order valence-electron chi connectivity index (χ4n) is 2.89. The van der Waals surface area contributed by atoms with Gasteiger partial charge in [-0.2, -0.15) is 0 Å². The molecular formula is C17H21N5O4. The number of anilines is 2. The molecule has 1 unspecified atom stereocenters. The van der Waals surface area contributed by atoms with E-state index in [1.165, 1.54) is 0 Å². The molecule has 2 fully saturated rings. The zero-order valence-electron chi connectivity index (χ0n) is 14.2. The lowest BCUT2D eigenvalue weighted by Crippen LogP contribution is -2.35. The Balaban J connectivity index is 1.46. The zero-order chi connectivity index (χ0) is 18.5. The molecule has 26 heavy (non-hydrogen) atoms. The second-order valence-corrected chi connectivity index (χ2v) is 6.22. The highest BCUT2D eigenvalue weighted by molar-refractivity contribution is 6.02. The fraction of sp³-hybridized carbons (Fsp3) is 0.412. The molecule has 9 nitrogen and oxygen atoms in total. The van der Waals surface area contributed by atoms with Gasteiger partial charge in [-0.1, -0.05) is 0 Å². The van der Waals surface area contributed by atoms with Crippen LogP contribution in [0.3, 0.4) is 0 Å². The second-order valence-electron chi connectivity index (χ2n) is 6.22. The van der Waals surface area contributed by atoms with Gasteiger partial charge < -0.3 is 21.3 Å². The van der Waals surface area contributed by atoms with E-state index < -0.39 is 6.03 Å². The maximum Gasteiger partial charge on any atom is 0.324 e. The van der Waals surface area contributed by atoms with Crippen LogP contribution >= 0.6 is 0 Å². The monoisotopic (exact) mass is 359 g/mol. The molecule has 0 radical (unpaired) electrons. The molecule has 0 spiro atoms. The Morgan fingerprint density at radius 2 is 1.81 bits per heavy atom. The number of imide groups is 1. The molecule has 2 heterocycles. The summed E-state index contributed by atoms with van der Waals surface area (Å²) in [6.45, 7) is 0.872. The number of amides is 5. The third-order valence-electron chi connectivity index (χ3n) is 4.31. The molecule has 1 atom stereocenters. The van der Waals surface area contributed by atoms with E-state index >= 15 is 0 Å². The SMILES string of the molecule is O=C(CCN1C(=O)CNC1=O)Nc1ccc(NC(=O)C2CCCN2)cc1. The van der Waals surface area contributed by atoms with E-state index in [0.717, 1.165) is 24.3 Å². The van der Waals surface area contributed by atoms with Gasteiger partial charge in [0.15, 0.2) is 0 Å². The summed E-state index contributed by atoms with van der Waals surface area (Å²) >= 11 is 0. The van der Waals surface area contributed by atoms with Gasteiger partial charge in [-0.05, 0) is 43.7 Å². The van der Waals surface area contributed by atoms with Gasteiger partial charge in [0.05, 0.1) is 12.6 Å². The molecule has 3 rings (SSSR count). The minimum Gasteiger partial charge on any atom is -0.329 e. The van der Waals surface area contributed by atoms with E-state index in [2.05, 4.69) is 21.3 Å². The number of rotatable bonds is 6. The van der Waals surface area contributed by atoms with Gasteiger partial charge in [0.2, 0.25) is 17.7 Å². The highest BCUT2D eigenvalue weighted by atomic mass is 16.2. The predicted octanol–water partition coefficient (Wildman–Crippen LogP) is 0.258. The summed E-state index contributed by atoms with van der Waals surface area (Å²) in [6, 6.07) is 6.16. The summed E-state index contributed by atoms with van der Waals surface area (Å²) < 4.78 is 0. The quantitative estimate of drug-likeness (QED) is 0.543. The first-order valence-corrected chi connectivity index (χ1v) is 8.55. The van der Waals surface area contributed by atoms with Gasteiger partial charge in [0, 0.05) is 24.3 Å². The molecule has 5 amide bonds. The minimum absolute atomic E-state index is 0.0188. The summed E-state index contributed by atoms with van der Waals surface area (Å²) in [5, 5.41) is 11.1. The normalized spacial score (nSPS) is 19.4. The number of nitrogens with one attached hydrogen (secondary N) is 4. The lowest BCUT2D eigenvalue weighted by molar-refractivity contribution is -0.125. The van der Waals surface area contributed by atoms with Crippen molar-refractivity contribution in [2.75, 3.05) is 30.3 Å². The third kappa shape index (κ3) is 4.37. The number of hydrogen-bond donors (Lipinski definition) is 4. The molecule has 9 heteroatoms. The van der Waals surface area contributed by atoms with Gasteiger partial charge >= 0.3 is 6.03 Å². The molecule has 2 aliphatic heterocycles. The molecule has 1 aromatic carbocycles. The van der Waals surface area contributed by atoms with Crippen molar-refractivity contribution in [3.05, 3.63) is 24.3 Å². The Morgan fingerprint density at radius 3 is 2.38 bits per heavy atom. The van der Waals surface area contributed by atoms with Crippen molar-refractivity contribution in [3.63, 3.8) is 0 Å². The average molecular weight is 359 g/mol. The first-order valence-electron chi connectivity index (χ1n) is 8.55. The molecular weight excluding hydrogens is 338 g/mol. The predicted molar refractivity (Wildman–Crippen MR) is 94.5 cm³/mol. The summed E-state index contributed by atoms with van der Waals surface area (Å²) in [5.41, 5.74) is 1.23. The topological polar surface area (TPSA) is 120 Å². The number of urea groups is 1. The van der Waals surface area contributed by atoms with Crippen LogP contribution in [-0.4, -0.2) is 54.3 Å². The fourth-order valence-corrected chi connectivity index (χ4v) is 2.89. The van der Waals surface area contributed by atoms with Gasteiger partial charge in [-0.25, -0.2) is 4.79 Å². The van der Waals surface area contributed by atoms with Crippen LogP contribution in [0.25, 0.3) is 0 Å². The molecule has 2 aliphatic rings. The van der Waals surface area contributed by atoms with E-state index in [-0.39, 0.29) is 43.3 Å². The lowest BCUT2D eigenvalue weighted by Gasteiger charge is -2.13. The Morgan fingerprint density at radius 1 is 1.12 bits per heavy atom. The minimum atomic E-state index is -0.473. The van der Waals surface area contributed by atoms with E-state index in [1.807, 2.05) is 0 Å². The molecule has 2 saturated heterocycles. The van der Waals surface area contributed by atoms with Crippen LogP contribution in [0.5, 0.6) is 0 Å². The second kappa shape index (κ2) is 7.96. The number of nitrogens with zero attached hydrogens (tertiary/aromatic N) is 1. The van der Waals surface area contributed by atoms with Crippen LogP contribution in [0.4, 0.5) is 16.2 Å². The summed E-state index contributed by atoms with van der Waals surface area (Å²) in [6.07, 6.45) is 1.84. The van der Waals surface area contributed by atoms with Gasteiger partial charge in [-0.3, -0.25) is 19.3 Å². The maximum absolute atomic E-state index is 12.0. The maximum atomic E-state index is 12.0. The highest BCUT2D eigenvalue weighted by Gasteiger charge is 2.28. The molecule has 0 aromatic heterocycles. The van der Waals surface area contributed by atoms with Gasteiger partial charge in [0.25, 0.3) is 0 Å². The number of benzene rings is 1. The zero-order valence-corrected chi connectivity index (χ0v) is 14.2. The molecule has 0 aliphatic carbocycles. The van der Waals surface area contributed by atoms with Crippen LogP contribution in [0.2, 0.25) is 0 Å². The van der Waals surface area contributed by atoms with Crippen molar-refractivity contribution in [1.82, 2.24) is 15.5 Å². The number of hydrogen-bond acceptors (Lipinski definition) is 5. The van der Waals surface area contributed by atoms with E-state index in [0.29, 0.717) is 11.4 Å². The first kappa shape index (κ1) is 17.9. The van der Waals surface area contributed by atoms with Crippen LogP contribution in [0, 0.1) is 0 Å². The number of carbonyl (C=O) groups is 4. The van der Waals surface area contributed by atoms with Crippen molar-refractivity contribution in [2.24, 2.45) is 0 Å². The molecule has 4 N–H and O–H groups in total. The Bertz CT molecular complexity index is 696. The Kier molecular flexibility index (Phi) is 5.47. The first-order chi connectivity index (χ1) is 12.5. The summed E-state index contributed by atoms with van der Waals surface area (Å²) in [5.74, 6) is -0.697. The standard InChI is InChI=1S/C17H21N5O4/c23-14(7-9-22-15(24)10-19-17(22)26)20-11-3-5-12(6-4-11)21-16(25)13-2-1-8-18-13/h3-6,13,18H,1-2,7-10H2,(H,19,26)(H,20,23)(H,21,25). The largest absolute Gasteiger partial charge is 0.329 e. The molecule has 0 bridgehead atoms. The summed E-state index contributed by atoms with van der Waals surface area (Å²) in [4.78, 5) is 47.9. The third-order valence-corrected chi connectivity index (χ3v) is 4.31. The van der Waals surface area contributed by atoms with E-state index in [4.69, 9.17) is 0 Å². The molecule has 138 valence electrons. The Labute approximate surface area is 150 Å². The molecule has 0 saturated carbocycles. The van der Waals surface area contributed by atoms with Crippen LogP contribution in [-0.2, 0) is 14.4 Å². The highest BCUT2D eigenvalue weighted by Crippen LogP contribution is 2.15.